The van der Waals surface area contributed by atoms with Gasteiger partial charge >= 0.3 is 5.97 Å². The van der Waals surface area contributed by atoms with Crippen molar-refractivity contribution in [3.8, 4) is 0 Å². The van der Waals surface area contributed by atoms with Crippen molar-refractivity contribution in [3.63, 3.8) is 0 Å². The number of aliphatic carboxylic acids is 1. The number of ether oxygens (including phenoxy) is 1. The van der Waals surface area contributed by atoms with E-state index >= 15 is 0 Å². The normalized spacial score (nSPS) is 19.8. The van der Waals surface area contributed by atoms with E-state index in [-0.39, 0.29) is 18.9 Å². The number of morpholine rings is 1. The Morgan fingerprint density at radius 2 is 2.33 bits per heavy atom. The van der Waals surface area contributed by atoms with Crippen LogP contribution in [-0.4, -0.2) is 47.7 Å². The summed E-state index contributed by atoms with van der Waals surface area (Å²) >= 11 is 0. The molecule has 0 aromatic carbocycles. The molecule has 0 radical (unpaired) electrons. The van der Waals surface area contributed by atoms with Gasteiger partial charge in [-0.05, 0) is 18.1 Å². The Balaban J connectivity index is 1.92. The standard InChI is InChI=1S/C12H15NO5/c14-11(2-1-9-3-5-17-7-9)13-4-6-18-8-10(13)12(15)16/h3,5,7,10H,1-2,4,6,8H2,(H,15,16)/t10-/m0/s1. The Bertz CT molecular complexity index is 414. The molecule has 6 heteroatoms. The van der Waals surface area contributed by atoms with Gasteiger partial charge in [-0.25, -0.2) is 4.79 Å². The summed E-state index contributed by atoms with van der Waals surface area (Å²) in [5, 5.41) is 9.02. The van der Waals surface area contributed by atoms with Crippen LogP contribution in [0.5, 0.6) is 0 Å². The predicted octanol–water partition coefficient (Wildman–Crippen LogP) is 0.524. The second-order valence-corrected chi connectivity index (χ2v) is 4.15. The zero-order chi connectivity index (χ0) is 13.0. The lowest BCUT2D eigenvalue weighted by atomic mass is 10.1. The van der Waals surface area contributed by atoms with E-state index < -0.39 is 12.0 Å². The highest BCUT2D eigenvalue weighted by Crippen LogP contribution is 2.11. The van der Waals surface area contributed by atoms with Crippen molar-refractivity contribution in [2.45, 2.75) is 18.9 Å². The number of nitrogens with zero attached hydrogens (tertiary/aromatic N) is 1. The molecule has 0 bridgehead atoms. The fourth-order valence-corrected chi connectivity index (χ4v) is 1.94. The van der Waals surface area contributed by atoms with Gasteiger partial charge in [0.15, 0.2) is 6.04 Å². The van der Waals surface area contributed by atoms with Crippen molar-refractivity contribution >= 4 is 11.9 Å². The molecule has 1 fully saturated rings. The first-order chi connectivity index (χ1) is 8.68. The van der Waals surface area contributed by atoms with Gasteiger partial charge in [-0.3, -0.25) is 4.79 Å². The molecule has 98 valence electrons. The van der Waals surface area contributed by atoms with Crippen LogP contribution in [0.2, 0.25) is 0 Å². The summed E-state index contributed by atoms with van der Waals surface area (Å²) in [5.41, 5.74) is 0.934. The van der Waals surface area contributed by atoms with Gasteiger partial charge in [-0.1, -0.05) is 0 Å². The number of rotatable bonds is 4. The molecule has 1 aliphatic rings. The van der Waals surface area contributed by atoms with Gasteiger partial charge in [0.25, 0.3) is 0 Å². The quantitative estimate of drug-likeness (QED) is 0.846. The maximum Gasteiger partial charge on any atom is 0.328 e. The molecule has 0 spiro atoms. The van der Waals surface area contributed by atoms with Crippen molar-refractivity contribution in [2.75, 3.05) is 19.8 Å². The number of carboxylic acids is 1. The maximum atomic E-state index is 12.0. The molecule has 0 saturated carbocycles. The second-order valence-electron chi connectivity index (χ2n) is 4.15. The fourth-order valence-electron chi connectivity index (χ4n) is 1.94. The largest absolute Gasteiger partial charge is 0.480 e. The third-order valence-corrected chi connectivity index (χ3v) is 2.94. The van der Waals surface area contributed by atoms with Gasteiger partial charge in [-0.15, -0.1) is 0 Å². The van der Waals surface area contributed by atoms with Gasteiger partial charge in [-0.2, -0.15) is 0 Å². The number of aryl methyl sites for hydroxylation is 1. The van der Waals surface area contributed by atoms with Crippen molar-refractivity contribution < 1.29 is 23.8 Å². The Labute approximate surface area is 104 Å². The summed E-state index contributed by atoms with van der Waals surface area (Å²) in [7, 11) is 0. The Morgan fingerprint density at radius 1 is 1.50 bits per heavy atom. The summed E-state index contributed by atoms with van der Waals surface area (Å²) < 4.78 is 10.00. The monoisotopic (exact) mass is 253 g/mol. The smallest absolute Gasteiger partial charge is 0.328 e. The van der Waals surface area contributed by atoms with Crippen LogP contribution in [0, 0.1) is 0 Å². The molecule has 2 heterocycles. The molecule has 1 aliphatic heterocycles. The minimum atomic E-state index is -1.02. The Morgan fingerprint density at radius 3 is 3.00 bits per heavy atom. The molecule has 2 rings (SSSR count). The molecule has 1 atom stereocenters. The third kappa shape index (κ3) is 2.89. The lowest BCUT2D eigenvalue weighted by Gasteiger charge is -2.32. The lowest BCUT2D eigenvalue weighted by molar-refractivity contribution is -0.158. The molecule has 0 unspecified atom stereocenters. The number of furan rings is 1. The summed E-state index contributed by atoms with van der Waals surface area (Å²) in [4.78, 5) is 24.4. The number of carboxylic acid groups (broad SMARTS) is 1. The van der Waals surface area contributed by atoms with E-state index in [0.717, 1.165) is 5.56 Å². The number of hydrogen-bond acceptors (Lipinski definition) is 4. The van der Waals surface area contributed by atoms with E-state index in [2.05, 4.69) is 0 Å². The first-order valence-corrected chi connectivity index (χ1v) is 5.79. The van der Waals surface area contributed by atoms with Crippen LogP contribution in [0.1, 0.15) is 12.0 Å². The minimum Gasteiger partial charge on any atom is -0.480 e. The summed E-state index contributed by atoms with van der Waals surface area (Å²) in [6, 6.07) is 0.928. The zero-order valence-corrected chi connectivity index (χ0v) is 9.87. The first kappa shape index (κ1) is 12.6. The molecule has 18 heavy (non-hydrogen) atoms. The molecule has 1 aromatic rings. The molecular weight excluding hydrogens is 238 g/mol. The fraction of sp³-hybridized carbons (Fsp3) is 0.500. The summed E-state index contributed by atoms with van der Waals surface area (Å²) in [5.74, 6) is -1.18. The number of amides is 1. The van der Waals surface area contributed by atoms with Gasteiger partial charge < -0.3 is 19.2 Å². The highest BCUT2D eigenvalue weighted by atomic mass is 16.5. The number of carbonyl (C=O) groups excluding carboxylic acids is 1. The van der Waals surface area contributed by atoms with E-state index in [0.29, 0.717) is 19.6 Å². The predicted molar refractivity (Wildman–Crippen MR) is 61.0 cm³/mol. The zero-order valence-electron chi connectivity index (χ0n) is 9.87. The SMILES string of the molecule is O=C(O)[C@@H]1COCCN1C(=O)CCc1ccoc1. The Hall–Kier alpha value is -1.82. The van der Waals surface area contributed by atoms with Crippen LogP contribution in [0.4, 0.5) is 0 Å². The van der Waals surface area contributed by atoms with Crippen molar-refractivity contribution in [1.29, 1.82) is 0 Å². The van der Waals surface area contributed by atoms with Crippen molar-refractivity contribution in [1.82, 2.24) is 4.90 Å². The van der Waals surface area contributed by atoms with Crippen LogP contribution in [0.15, 0.2) is 23.0 Å². The molecular formula is C12H15NO5. The molecule has 0 aliphatic carbocycles. The van der Waals surface area contributed by atoms with Gasteiger partial charge in [0, 0.05) is 13.0 Å². The van der Waals surface area contributed by atoms with Crippen molar-refractivity contribution in [2.24, 2.45) is 0 Å². The first-order valence-electron chi connectivity index (χ1n) is 5.79. The number of carbonyl (C=O) groups is 2. The molecule has 1 amide bonds. The lowest BCUT2D eigenvalue weighted by Crippen LogP contribution is -2.52. The van der Waals surface area contributed by atoms with Gasteiger partial charge in [0.05, 0.1) is 25.7 Å². The van der Waals surface area contributed by atoms with E-state index in [9.17, 15) is 9.59 Å². The van der Waals surface area contributed by atoms with E-state index in [1.54, 1.807) is 18.6 Å². The topological polar surface area (TPSA) is 80.0 Å². The van der Waals surface area contributed by atoms with Crippen LogP contribution >= 0.6 is 0 Å². The summed E-state index contributed by atoms with van der Waals surface area (Å²) in [6.45, 7) is 0.787. The number of hydrogen-bond donors (Lipinski definition) is 1. The van der Waals surface area contributed by atoms with Crippen LogP contribution < -0.4 is 0 Å². The third-order valence-electron chi connectivity index (χ3n) is 2.94. The maximum absolute atomic E-state index is 12.0. The minimum absolute atomic E-state index is 0.0623. The van der Waals surface area contributed by atoms with E-state index in [1.807, 2.05) is 0 Å². The highest BCUT2D eigenvalue weighted by molar-refractivity contribution is 5.84. The average molecular weight is 253 g/mol. The molecule has 1 N–H and O–H groups in total. The van der Waals surface area contributed by atoms with E-state index in [4.69, 9.17) is 14.3 Å². The molecule has 1 aromatic heterocycles. The van der Waals surface area contributed by atoms with E-state index in [1.165, 1.54) is 4.90 Å². The van der Waals surface area contributed by atoms with Gasteiger partial charge in [0.2, 0.25) is 5.91 Å². The van der Waals surface area contributed by atoms with Gasteiger partial charge in [0.1, 0.15) is 0 Å². The molecule has 1 saturated heterocycles. The van der Waals surface area contributed by atoms with Crippen LogP contribution in [0.3, 0.4) is 0 Å². The van der Waals surface area contributed by atoms with Crippen LogP contribution in [-0.2, 0) is 20.7 Å². The average Bonchev–Trinajstić information content (AvgIpc) is 2.89. The highest BCUT2D eigenvalue weighted by Gasteiger charge is 2.32. The second kappa shape index (κ2) is 5.68. The Kier molecular flexibility index (Phi) is 3.99. The van der Waals surface area contributed by atoms with Crippen molar-refractivity contribution in [3.05, 3.63) is 24.2 Å². The van der Waals surface area contributed by atoms with Crippen LogP contribution in [0.25, 0.3) is 0 Å². The summed E-state index contributed by atoms with van der Waals surface area (Å²) in [6.07, 6.45) is 3.97. The molecule has 6 nitrogen and oxygen atoms in total.